The number of benzene rings is 2. The van der Waals surface area contributed by atoms with Crippen LogP contribution in [0.1, 0.15) is 5.76 Å². The minimum absolute atomic E-state index is 0.0852. The number of amides is 1. The summed E-state index contributed by atoms with van der Waals surface area (Å²) in [5.41, 5.74) is 1.83. The van der Waals surface area contributed by atoms with Crippen LogP contribution in [0.15, 0.2) is 82.9 Å². The van der Waals surface area contributed by atoms with Gasteiger partial charge in [0, 0.05) is 23.2 Å². The summed E-state index contributed by atoms with van der Waals surface area (Å²) in [5, 5.41) is 13.7. The van der Waals surface area contributed by atoms with E-state index in [1.807, 2.05) is 48.5 Å². The first-order chi connectivity index (χ1) is 14.2. The van der Waals surface area contributed by atoms with E-state index in [4.69, 9.17) is 16.0 Å². The lowest BCUT2D eigenvalue weighted by Crippen LogP contribution is -2.13. The third kappa shape index (κ3) is 3.88. The highest BCUT2D eigenvalue weighted by molar-refractivity contribution is 6.33. The lowest BCUT2D eigenvalue weighted by molar-refractivity contribution is -0.112. The molecular weight excluding hydrogens is 386 g/mol. The van der Waals surface area contributed by atoms with E-state index in [2.05, 4.69) is 10.3 Å². The van der Waals surface area contributed by atoms with Crippen LogP contribution in [-0.4, -0.2) is 10.9 Å². The minimum Gasteiger partial charge on any atom is -0.457 e. The zero-order chi connectivity index (χ0) is 20.2. The average molecular weight is 400 g/mol. The fourth-order valence-corrected chi connectivity index (χ4v) is 3.15. The van der Waals surface area contributed by atoms with Gasteiger partial charge in [-0.05, 0) is 36.4 Å². The van der Waals surface area contributed by atoms with Crippen molar-refractivity contribution in [1.29, 1.82) is 5.26 Å². The normalized spacial score (nSPS) is 11.2. The van der Waals surface area contributed by atoms with Crippen LogP contribution in [0.2, 0.25) is 5.02 Å². The van der Waals surface area contributed by atoms with Crippen molar-refractivity contribution in [2.45, 2.75) is 0 Å². The van der Waals surface area contributed by atoms with E-state index in [-0.39, 0.29) is 5.57 Å². The number of hydrogen-bond acceptors (Lipinski definition) is 4. The second-order valence-electron chi connectivity index (χ2n) is 6.19. The van der Waals surface area contributed by atoms with Crippen LogP contribution in [0.3, 0.4) is 0 Å². The van der Waals surface area contributed by atoms with Crippen molar-refractivity contribution in [2.75, 3.05) is 5.32 Å². The minimum atomic E-state index is -0.540. The Balaban J connectivity index is 1.60. The van der Waals surface area contributed by atoms with Crippen LogP contribution in [-0.2, 0) is 4.79 Å². The van der Waals surface area contributed by atoms with Crippen LogP contribution in [0, 0.1) is 11.3 Å². The van der Waals surface area contributed by atoms with Crippen LogP contribution < -0.4 is 5.32 Å². The summed E-state index contributed by atoms with van der Waals surface area (Å²) < 4.78 is 5.75. The molecule has 2 heterocycles. The van der Waals surface area contributed by atoms with Gasteiger partial charge in [-0.3, -0.25) is 9.78 Å². The Morgan fingerprint density at radius 2 is 1.90 bits per heavy atom. The number of aromatic nitrogens is 1. The summed E-state index contributed by atoms with van der Waals surface area (Å²) in [6.07, 6.45) is 3.05. The Labute approximate surface area is 171 Å². The number of nitrogens with one attached hydrogen (secondary N) is 1. The lowest BCUT2D eigenvalue weighted by Gasteiger charge is -2.07. The van der Waals surface area contributed by atoms with E-state index in [1.165, 1.54) is 6.08 Å². The predicted molar refractivity (Wildman–Crippen MR) is 113 cm³/mol. The standard InChI is InChI=1S/C23H14ClN3O2/c24-19-8-2-1-7-18(19)21-11-10-17(29-21)13-16(14-25)23(28)27-20-9-3-5-15-6-4-12-26-22(15)20/h1-13H,(H,27,28). The Morgan fingerprint density at radius 3 is 2.72 bits per heavy atom. The van der Waals surface area contributed by atoms with Gasteiger partial charge in [-0.15, -0.1) is 0 Å². The van der Waals surface area contributed by atoms with Crippen LogP contribution >= 0.6 is 11.6 Å². The summed E-state index contributed by atoms with van der Waals surface area (Å²) in [4.78, 5) is 16.9. The molecule has 0 unspecified atom stereocenters. The Bertz CT molecular complexity index is 1280. The van der Waals surface area contributed by atoms with Gasteiger partial charge in [0.1, 0.15) is 23.2 Å². The van der Waals surface area contributed by atoms with Gasteiger partial charge in [0.05, 0.1) is 16.2 Å². The van der Waals surface area contributed by atoms with E-state index in [1.54, 1.807) is 30.5 Å². The van der Waals surface area contributed by atoms with Crippen LogP contribution in [0.5, 0.6) is 0 Å². The Kier molecular flexibility index (Phi) is 5.10. The topological polar surface area (TPSA) is 78.9 Å². The fourth-order valence-electron chi connectivity index (χ4n) is 2.92. The quantitative estimate of drug-likeness (QED) is 0.353. The third-order valence-corrected chi connectivity index (χ3v) is 4.63. The third-order valence-electron chi connectivity index (χ3n) is 4.30. The SMILES string of the molecule is N#CC(=Cc1ccc(-c2ccccc2Cl)o1)C(=O)Nc1cccc2cccnc12. The monoisotopic (exact) mass is 399 g/mol. The zero-order valence-electron chi connectivity index (χ0n) is 15.1. The van der Waals surface area contributed by atoms with E-state index in [0.717, 1.165) is 10.9 Å². The number of rotatable bonds is 4. The van der Waals surface area contributed by atoms with Crippen LogP contribution in [0.25, 0.3) is 28.3 Å². The first kappa shape index (κ1) is 18.5. The molecule has 0 aliphatic heterocycles. The highest BCUT2D eigenvalue weighted by atomic mass is 35.5. The molecule has 0 radical (unpaired) electrons. The van der Waals surface area contributed by atoms with E-state index >= 15 is 0 Å². The molecule has 1 amide bonds. The molecule has 140 valence electrons. The number of para-hydroxylation sites is 1. The van der Waals surface area contributed by atoms with Gasteiger partial charge in [0.2, 0.25) is 0 Å². The smallest absolute Gasteiger partial charge is 0.266 e. The second-order valence-corrected chi connectivity index (χ2v) is 6.59. The fraction of sp³-hybridized carbons (Fsp3) is 0. The summed E-state index contributed by atoms with van der Waals surface area (Å²) in [6, 6.07) is 21.8. The molecule has 0 atom stereocenters. The van der Waals surface area contributed by atoms with Gasteiger partial charge in [-0.25, -0.2) is 0 Å². The molecule has 4 rings (SSSR count). The number of furan rings is 1. The summed E-state index contributed by atoms with van der Waals surface area (Å²) in [6.45, 7) is 0. The van der Waals surface area contributed by atoms with Crippen molar-refractivity contribution in [3.8, 4) is 17.4 Å². The van der Waals surface area contributed by atoms with Crippen LogP contribution in [0.4, 0.5) is 5.69 Å². The second kappa shape index (κ2) is 8.01. The molecule has 2 aromatic heterocycles. The van der Waals surface area contributed by atoms with E-state index in [9.17, 15) is 10.1 Å². The van der Waals surface area contributed by atoms with Gasteiger partial charge >= 0.3 is 0 Å². The number of hydrogen-bond donors (Lipinski definition) is 1. The lowest BCUT2D eigenvalue weighted by atomic mass is 10.1. The maximum atomic E-state index is 12.6. The highest BCUT2D eigenvalue weighted by Gasteiger charge is 2.14. The van der Waals surface area contributed by atoms with Crippen molar-refractivity contribution in [1.82, 2.24) is 4.98 Å². The molecule has 0 aliphatic rings. The van der Waals surface area contributed by atoms with Gasteiger partial charge in [0.25, 0.3) is 5.91 Å². The number of anilines is 1. The van der Waals surface area contributed by atoms with Gasteiger partial charge < -0.3 is 9.73 Å². The van der Waals surface area contributed by atoms with Gasteiger partial charge in [-0.1, -0.05) is 41.9 Å². The molecule has 0 bridgehead atoms. The molecule has 2 aromatic carbocycles. The first-order valence-corrected chi connectivity index (χ1v) is 9.15. The van der Waals surface area contributed by atoms with Gasteiger partial charge in [0.15, 0.2) is 0 Å². The zero-order valence-corrected chi connectivity index (χ0v) is 15.9. The number of pyridine rings is 1. The number of nitriles is 1. The van der Waals surface area contributed by atoms with E-state index in [0.29, 0.717) is 27.7 Å². The maximum Gasteiger partial charge on any atom is 0.266 e. The molecule has 0 fully saturated rings. The molecule has 6 heteroatoms. The predicted octanol–water partition coefficient (Wildman–Crippen LogP) is 5.69. The number of nitrogens with zero attached hydrogens (tertiary/aromatic N) is 2. The highest BCUT2D eigenvalue weighted by Crippen LogP contribution is 2.29. The van der Waals surface area contributed by atoms with Gasteiger partial charge in [-0.2, -0.15) is 5.26 Å². The van der Waals surface area contributed by atoms with Crippen molar-refractivity contribution in [2.24, 2.45) is 0 Å². The number of carbonyl (C=O) groups excluding carboxylic acids is 1. The number of halogens is 1. The van der Waals surface area contributed by atoms with Crippen molar-refractivity contribution < 1.29 is 9.21 Å². The summed E-state index contributed by atoms with van der Waals surface area (Å²) >= 11 is 6.19. The molecule has 29 heavy (non-hydrogen) atoms. The molecule has 0 saturated heterocycles. The van der Waals surface area contributed by atoms with Crippen molar-refractivity contribution in [3.63, 3.8) is 0 Å². The van der Waals surface area contributed by atoms with Crippen molar-refractivity contribution >= 4 is 40.2 Å². The number of carbonyl (C=O) groups is 1. The van der Waals surface area contributed by atoms with E-state index < -0.39 is 5.91 Å². The largest absolute Gasteiger partial charge is 0.457 e. The summed E-state index contributed by atoms with van der Waals surface area (Å²) in [7, 11) is 0. The first-order valence-electron chi connectivity index (χ1n) is 8.77. The maximum absolute atomic E-state index is 12.6. The molecule has 4 aromatic rings. The molecule has 0 spiro atoms. The Hall–Kier alpha value is -3.88. The average Bonchev–Trinajstić information content (AvgIpc) is 3.21. The molecule has 1 N–H and O–H groups in total. The molecule has 5 nitrogen and oxygen atoms in total. The molecule has 0 saturated carbocycles. The van der Waals surface area contributed by atoms with Crippen molar-refractivity contribution in [3.05, 3.63) is 89.3 Å². The Morgan fingerprint density at radius 1 is 1.07 bits per heavy atom. The number of fused-ring (bicyclic) bond motifs is 1. The molecular formula is C23H14ClN3O2. The summed E-state index contributed by atoms with van der Waals surface area (Å²) in [5.74, 6) is 0.391. The molecule has 0 aliphatic carbocycles.